The van der Waals surface area contributed by atoms with Crippen molar-refractivity contribution in [2.24, 2.45) is 0 Å². The first-order chi connectivity index (χ1) is 18.6. The maximum atomic E-state index is 10.9. The summed E-state index contributed by atoms with van der Waals surface area (Å²) in [6.45, 7) is 9.44. The van der Waals surface area contributed by atoms with E-state index in [0.29, 0.717) is 26.1 Å². The lowest BCUT2D eigenvalue weighted by atomic mass is 10.1. The second kappa shape index (κ2) is 39.4. The smallest absolute Gasteiger partial charge is 0.305 e. The number of unbranched alkanes of at least 4 members (excludes halogenated alkanes) is 22. The first-order valence-electron chi connectivity index (χ1n) is 16.9. The molecule has 0 atom stereocenters. The van der Waals surface area contributed by atoms with E-state index in [0.717, 1.165) is 12.8 Å². The van der Waals surface area contributed by atoms with Gasteiger partial charge in [0.15, 0.2) is 0 Å². The van der Waals surface area contributed by atoms with Crippen molar-refractivity contribution in [2.45, 2.75) is 195 Å². The Balaban J connectivity index is -0.000000648. The zero-order chi connectivity index (χ0) is 28.4. The predicted octanol–water partition coefficient (Wildman–Crippen LogP) is 11.4. The highest BCUT2D eigenvalue weighted by Crippen LogP contribution is 2.13. The van der Waals surface area contributed by atoms with E-state index < -0.39 is 0 Å². The Labute approximate surface area is 252 Å². The van der Waals surface area contributed by atoms with Crippen molar-refractivity contribution in [1.29, 1.82) is 0 Å². The monoisotopic (exact) mass is 574 g/mol. The molecule has 0 spiro atoms. The summed E-state index contributed by atoms with van der Waals surface area (Å²) < 4.78 is 10.1. The fraction of sp³-hybridized carbons (Fsp3) is 0.941. The summed E-state index contributed by atoms with van der Waals surface area (Å²) in [4.78, 5) is 21.8. The minimum atomic E-state index is -0.0666. The molecule has 0 fully saturated rings. The molecule has 0 aromatic rings. The second-order valence-corrected chi connectivity index (χ2v) is 10.9. The van der Waals surface area contributed by atoms with Crippen molar-refractivity contribution in [2.75, 3.05) is 13.2 Å². The molecule has 0 aromatic heterocycles. The van der Waals surface area contributed by atoms with Crippen LogP contribution < -0.4 is 0 Å². The molecule has 0 saturated heterocycles. The molecule has 0 N–H and O–H groups in total. The van der Waals surface area contributed by atoms with Crippen LogP contribution in [0.25, 0.3) is 0 Å². The number of carbonyl (C=O) groups is 2. The molecule has 0 aliphatic rings. The third-order valence-corrected chi connectivity index (χ3v) is 7.10. The lowest BCUT2D eigenvalue weighted by Gasteiger charge is -2.04. The van der Waals surface area contributed by atoms with Gasteiger partial charge in [-0.1, -0.05) is 169 Å². The molecule has 4 nitrogen and oxygen atoms in total. The molecule has 0 rings (SSSR count). The first-order valence-corrected chi connectivity index (χ1v) is 16.9. The van der Waals surface area contributed by atoms with Crippen LogP contribution in [0.3, 0.4) is 0 Å². The summed E-state index contributed by atoms with van der Waals surface area (Å²) in [6, 6.07) is 0. The quantitative estimate of drug-likeness (QED) is 0.0688. The summed E-state index contributed by atoms with van der Waals surface area (Å²) in [5.41, 5.74) is 0. The van der Waals surface area contributed by atoms with E-state index in [1.54, 1.807) is 0 Å². The lowest BCUT2D eigenvalue weighted by Crippen LogP contribution is -2.03. The lowest BCUT2D eigenvalue weighted by molar-refractivity contribution is -0.144. The van der Waals surface area contributed by atoms with Gasteiger partial charge < -0.3 is 9.47 Å². The van der Waals surface area contributed by atoms with Gasteiger partial charge in [0.05, 0.1) is 13.2 Å². The normalized spacial score (nSPS) is 10.4. The SMILES string of the molecule is CCCCCCCCCCCCCCOC(=O)CC.CCCCCCCCCCCCCCOC(=O)CC.S. The van der Waals surface area contributed by atoms with Gasteiger partial charge in [-0.2, -0.15) is 13.5 Å². The van der Waals surface area contributed by atoms with Gasteiger partial charge in [-0.05, 0) is 12.8 Å². The van der Waals surface area contributed by atoms with E-state index in [1.807, 2.05) is 13.8 Å². The molecule has 0 amide bonds. The molecular weight excluding hydrogens is 504 g/mol. The molecule has 0 saturated carbocycles. The van der Waals surface area contributed by atoms with Gasteiger partial charge in [0.25, 0.3) is 0 Å². The van der Waals surface area contributed by atoms with Crippen molar-refractivity contribution in [3.63, 3.8) is 0 Å². The molecule has 236 valence electrons. The Morgan fingerprint density at radius 2 is 0.564 bits per heavy atom. The van der Waals surface area contributed by atoms with E-state index >= 15 is 0 Å². The molecular formula is C34H70O4S. The van der Waals surface area contributed by atoms with Gasteiger partial charge >= 0.3 is 11.9 Å². The van der Waals surface area contributed by atoms with Gasteiger partial charge in [0.2, 0.25) is 0 Å². The Kier molecular flexibility index (Phi) is 43.2. The molecule has 0 aliphatic carbocycles. The standard InChI is InChI=1S/2C17H34O2.H2S/c2*1-3-5-6-7-8-9-10-11-12-13-14-15-16-19-17(18)4-2;/h2*3-16H2,1-2H3;1H2. The Bertz CT molecular complexity index is 428. The Hall–Kier alpha value is -0.710. The van der Waals surface area contributed by atoms with Crippen LogP contribution in [0, 0.1) is 0 Å². The maximum Gasteiger partial charge on any atom is 0.305 e. The van der Waals surface area contributed by atoms with E-state index in [-0.39, 0.29) is 25.4 Å². The van der Waals surface area contributed by atoms with Gasteiger partial charge in [0, 0.05) is 12.8 Å². The van der Waals surface area contributed by atoms with E-state index in [1.165, 1.54) is 141 Å². The number of rotatable bonds is 28. The van der Waals surface area contributed by atoms with Crippen molar-refractivity contribution < 1.29 is 19.1 Å². The first kappa shape index (κ1) is 42.8. The van der Waals surface area contributed by atoms with Gasteiger partial charge in [-0.3, -0.25) is 9.59 Å². The summed E-state index contributed by atoms with van der Waals surface area (Å²) in [5, 5.41) is 0. The van der Waals surface area contributed by atoms with Crippen molar-refractivity contribution in [3.05, 3.63) is 0 Å². The van der Waals surface area contributed by atoms with E-state index in [9.17, 15) is 9.59 Å². The zero-order valence-electron chi connectivity index (χ0n) is 26.9. The predicted molar refractivity (Wildman–Crippen MR) is 175 cm³/mol. The Morgan fingerprint density at radius 3 is 0.769 bits per heavy atom. The van der Waals surface area contributed by atoms with Crippen molar-refractivity contribution in [3.8, 4) is 0 Å². The van der Waals surface area contributed by atoms with Gasteiger partial charge in [-0.15, -0.1) is 0 Å². The highest BCUT2D eigenvalue weighted by Gasteiger charge is 1.99. The van der Waals surface area contributed by atoms with Crippen LogP contribution in [0.5, 0.6) is 0 Å². The largest absolute Gasteiger partial charge is 0.466 e. The molecule has 0 radical (unpaired) electrons. The minimum absolute atomic E-state index is 0. The maximum absolute atomic E-state index is 10.9. The van der Waals surface area contributed by atoms with Crippen molar-refractivity contribution in [1.82, 2.24) is 0 Å². The zero-order valence-corrected chi connectivity index (χ0v) is 27.9. The number of carbonyl (C=O) groups excluding carboxylic acids is 2. The molecule has 0 heterocycles. The summed E-state index contributed by atoms with van der Waals surface area (Å²) in [5.74, 6) is -0.133. The van der Waals surface area contributed by atoms with Gasteiger partial charge in [-0.25, -0.2) is 0 Å². The van der Waals surface area contributed by atoms with Crippen LogP contribution in [-0.4, -0.2) is 25.2 Å². The van der Waals surface area contributed by atoms with Crippen LogP contribution in [-0.2, 0) is 19.1 Å². The number of hydrogen-bond donors (Lipinski definition) is 0. The fourth-order valence-corrected chi connectivity index (χ4v) is 4.46. The summed E-state index contributed by atoms with van der Waals surface area (Å²) in [7, 11) is 0. The molecule has 39 heavy (non-hydrogen) atoms. The summed E-state index contributed by atoms with van der Waals surface area (Å²) >= 11 is 0. The van der Waals surface area contributed by atoms with Crippen LogP contribution in [0.1, 0.15) is 195 Å². The van der Waals surface area contributed by atoms with E-state index in [4.69, 9.17) is 9.47 Å². The van der Waals surface area contributed by atoms with Crippen LogP contribution in [0.15, 0.2) is 0 Å². The van der Waals surface area contributed by atoms with Crippen LogP contribution in [0.4, 0.5) is 0 Å². The van der Waals surface area contributed by atoms with Crippen molar-refractivity contribution >= 4 is 25.4 Å². The number of ether oxygens (including phenoxy) is 2. The average Bonchev–Trinajstić information content (AvgIpc) is 2.93. The average molecular weight is 575 g/mol. The number of hydrogen-bond acceptors (Lipinski definition) is 4. The minimum Gasteiger partial charge on any atom is -0.466 e. The fourth-order valence-electron chi connectivity index (χ4n) is 4.46. The van der Waals surface area contributed by atoms with Gasteiger partial charge in [0.1, 0.15) is 0 Å². The molecule has 0 aliphatic heterocycles. The third kappa shape index (κ3) is 41.9. The summed E-state index contributed by atoms with van der Waals surface area (Å²) in [6.07, 6.45) is 33.2. The van der Waals surface area contributed by atoms with Crippen LogP contribution >= 0.6 is 13.5 Å². The topological polar surface area (TPSA) is 52.6 Å². The van der Waals surface area contributed by atoms with Crippen LogP contribution in [0.2, 0.25) is 0 Å². The molecule has 0 aromatic carbocycles. The highest BCUT2D eigenvalue weighted by atomic mass is 32.1. The number of esters is 2. The Morgan fingerprint density at radius 1 is 0.359 bits per heavy atom. The third-order valence-electron chi connectivity index (χ3n) is 7.10. The molecule has 5 heteroatoms. The second-order valence-electron chi connectivity index (χ2n) is 10.9. The molecule has 0 bridgehead atoms. The molecule has 0 unspecified atom stereocenters. The highest BCUT2D eigenvalue weighted by molar-refractivity contribution is 7.59. The van der Waals surface area contributed by atoms with E-state index in [2.05, 4.69) is 13.8 Å².